The topological polar surface area (TPSA) is 89.7 Å². The van der Waals surface area contributed by atoms with E-state index >= 15 is 0 Å². The van der Waals surface area contributed by atoms with Crippen LogP contribution in [-0.4, -0.2) is 48.0 Å². The number of thiol groups is 1. The summed E-state index contributed by atoms with van der Waals surface area (Å²) in [6.45, 7) is 0.316. The second-order valence-electron chi connectivity index (χ2n) is 7.23. The molecule has 0 bridgehead atoms. The summed E-state index contributed by atoms with van der Waals surface area (Å²) in [5, 5.41) is 3.79. The van der Waals surface area contributed by atoms with Crippen LogP contribution in [0.3, 0.4) is 0 Å². The van der Waals surface area contributed by atoms with Crippen molar-refractivity contribution in [3.63, 3.8) is 0 Å². The molecule has 2 unspecified atom stereocenters. The molecule has 2 aromatic carbocycles. The summed E-state index contributed by atoms with van der Waals surface area (Å²) in [4.78, 5) is 28.8. The number of nitrogens with one attached hydrogen (secondary N) is 2. The fraction of sp³-hybridized carbons (Fsp3) is 0.304. The number of ether oxygens (including phenoxy) is 3. The number of aromatic nitrogens is 1. The lowest BCUT2D eigenvalue weighted by molar-refractivity contribution is -0.149. The monoisotopic (exact) mass is 440 g/mol. The molecule has 31 heavy (non-hydrogen) atoms. The second-order valence-corrected chi connectivity index (χ2v) is 7.68. The summed E-state index contributed by atoms with van der Waals surface area (Å²) in [7, 11) is 0. The van der Waals surface area contributed by atoms with Crippen molar-refractivity contribution in [3.05, 3.63) is 60.3 Å². The van der Waals surface area contributed by atoms with Crippen LogP contribution in [0.1, 0.15) is 12.0 Å². The zero-order valence-electron chi connectivity index (χ0n) is 16.9. The highest BCUT2D eigenvalue weighted by Gasteiger charge is 2.31. The van der Waals surface area contributed by atoms with E-state index in [-0.39, 0.29) is 13.2 Å². The third kappa shape index (κ3) is 4.96. The maximum absolute atomic E-state index is 12.9. The predicted octanol–water partition coefficient (Wildman–Crippen LogP) is 2.90. The van der Waals surface area contributed by atoms with Crippen molar-refractivity contribution in [2.75, 3.05) is 19.0 Å². The Balaban J connectivity index is 1.48. The van der Waals surface area contributed by atoms with Crippen LogP contribution in [0.2, 0.25) is 0 Å². The number of rotatable bonds is 8. The summed E-state index contributed by atoms with van der Waals surface area (Å²) >= 11 is 4.14. The molecule has 2 atom stereocenters. The Bertz CT molecular complexity index is 1070. The van der Waals surface area contributed by atoms with Crippen molar-refractivity contribution in [1.82, 2.24) is 10.3 Å². The van der Waals surface area contributed by atoms with Crippen molar-refractivity contribution >= 4 is 35.4 Å². The molecule has 0 saturated carbocycles. The summed E-state index contributed by atoms with van der Waals surface area (Å²) in [6.07, 6.45) is 1.92. The van der Waals surface area contributed by atoms with Crippen LogP contribution in [0.4, 0.5) is 0 Å². The van der Waals surface area contributed by atoms with Gasteiger partial charge in [0.1, 0.15) is 12.6 Å². The first-order chi connectivity index (χ1) is 15.2. The average Bonchev–Trinajstić information content (AvgIpc) is 3.21. The van der Waals surface area contributed by atoms with Gasteiger partial charge in [0.15, 0.2) is 11.5 Å². The highest BCUT2D eigenvalue weighted by molar-refractivity contribution is 7.80. The number of H-pyrrole nitrogens is 1. The van der Waals surface area contributed by atoms with Gasteiger partial charge in [0, 0.05) is 23.5 Å². The van der Waals surface area contributed by atoms with Crippen LogP contribution >= 0.6 is 12.6 Å². The van der Waals surface area contributed by atoms with E-state index in [9.17, 15) is 9.59 Å². The van der Waals surface area contributed by atoms with E-state index < -0.39 is 24.0 Å². The number of aromatic amines is 1. The van der Waals surface area contributed by atoms with E-state index in [4.69, 9.17) is 14.2 Å². The van der Waals surface area contributed by atoms with Crippen LogP contribution < -0.4 is 14.8 Å². The number of carbonyl (C=O) groups excluding carboxylic acids is 2. The Labute approximate surface area is 185 Å². The smallest absolute Gasteiger partial charge is 0.328 e. The Kier molecular flexibility index (Phi) is 6.66. The largest absolute Gasteiger partial charge is 0.485 e. The fourth-order valence-corrected chi connectivity index (χ4v) is 3.59. The first-order valence-electron chi connectivity index (χ1n) is 10.2. The molecule has 0 radical (unpaired) electrons. The number of amides is 1. The Morgan fingerprint density at radius 3 is 2.77 bits per heavy atom. The zero-order chi connectivity index (χ0) is 21.6. The molecule has 1 aliphatic rings. The van der Waals surface area contributed by atoms with Crippen molar-refractivity contribution in [2.45, 2.75) is 25.0 Å². The lowest BCUT2D eigenvalue weighted by Gasteiger charge is -2.27. The molecular weight excluding hydrogens is 416 g/mol. The Morgan fingerprint density at radius 2 is 1.94 bits per heavy atom. The van der Waals surface area contributed by atoms with Crippen molar-refractivity contribution in [3.8, 4) is 11.5 Å². The molecule has 8 heteroatoms. The highest BCUT2D eigenvalue weighted by atomic mass is 32.1. The van der Waals surface area contributed by atoms with Gasteiger partial charge in [-0.3, -0.25) is 4.79 Å². The van der Waals surface area contributed by atoms with Crippen molar-refractivity contribution < 1.29 is 23.8 Å². The molecule has 162 valence electrons. The molecule has 4 rings (SSSR count). The average molecular weight is 441 g/mol. The van der Waals surface area contributed by atoms with Gasteiger partial charge in [-0.05, 0) is 35.9 Å². The van der Waals surface area contributed by atoms with E-state index in [0.29, 0.717) is 30.1 Å². The third-order valence-electron chi connectivity index (χ3n) is 5.05. The minimum Gasteiger partial charge on any atom is -0.485 e. The zero-order valence-corrected chi connectivity index (χ0v) is 17.8. The molecule has 0 fully saturated rings. The number of benzene rings is 2. The number of fused-ring (bicyclic) bond motifs is 2. The van der Waals surface area contributed by atoms with Crippen LogP contribution in [0.15, 0.2) is 54.7 Å². The van der Waals surface area contributed by atoms with E-state index in [2.05, 4.69) is 22.9 Å². The van der Waals surface area contributed by atoms with E-state index in [1.165, 1.54) is 0 Å². The van der Waals surface area contributed by atoms with Crippen molar-refractivity contribution in [2.24, 2.45) is 0 Å². The molecule has 2 heterocycles. The molecule has 0 aliphatic carbocycles. The molecule has 1 aromatic heterocycles. The number of carbonyl (C=O) groups is 2. The second kappa shape index (κ2) is 9.78. The molecule has 0 saturated heterocycles. The van der Waals surface area contributed by atoms with Gasteiger partial charge in [-0.2, -0.15) is 12.6 Å². The summed E-state index contributed by atoms with van der Waals surface area (Å²) in [6, 6.07) is 14.1. The number of esters is 1. The fourth-order valence-electron chi connectivity index (χ4n) is 3.47. The van der Waals surface area contributed by atoms with Gasteiger partial charge in [-0.15, -0.1) is 0 Å². The van der Waals surface area contributed by atoms with Crippen LogP contribution in [0.25, 0.3) is 10.9 Å². The quantitative estimate of drug-likeness (QED) is 0.285. The van der Waals surface area contributed by atoms with Crippen LogP contribution in [-0.2, 0) is 20.7 Å². The molecule has 0 spiro atoms. The van der Waals surface area contributed by atoms with Gasteiger partial charge in [0.25, 0.3) is 5.91 Å². The maximum atomic E-state index is 12.9. The third-order valence-corrected chi connectivity index (χ3v) is 5.36. The SMILES string of the molecule is O=C(OCCCS)C(Cc1c[nH]c2ccccc12)NC(=O)C1COc2ccccc2O1. The van der Waals surface area contributed by atoms with Crippen molar-refractivity contribution in [1.29, 1.82) is 0 Å². The maximum Gasteiger partial charge on any atom is 0.328 e. The summed E-state index contributed by atoms with van der Waals surface area (Å²) in [5.41, 5.74) is 1.88. The minimum atomic E-state index is -0.856. The predicted molar refractivity (Wildman–Crippen MR) is 120 cm³/mol. The molecule has 2 N–H and O–H groups in total. The molecule has 1 aliphatic heterocycles. The van der Waals surface area contributed by atoms with Gasteiger partial charge >= 0.3 is 5.97 Å². The Hall–Kier alpha value is -3.13. The molecule has 3 aromatic rings. The van der Waals surface area contributed by atoms with Crippen LogP contribution in [0.5, 0.6) is 11.5 Å². The molecule has 1 amide bonds. The lowest BCUT2D eigenvalue weighted by Crippen LogP contribution is -2.51. The normalized spacial score (nSPS) is 16.0. The van der Waals surface area contributed by atoms with Gasteiger partial charge in [-0.1, -0.05) is 30.3 Å². The van der Waals surface area contributed by atoms with Gasteiger partial charge in [0.2, 0.25) is 6.10 Å². The number of hydrogen-bond acceptors (Lipinski definition) is 6. The highest BCUT2D eigenvalue weighted by Crippen LogP contribution is 2.31. The summed E-state index contributed by atoms with van der Waals surface area (Å²) < 4.78 is 16.8. The Morgan fingerprint density at radius 1 is 1.16 bits per heavy atom. The molecule has 7 nitrogen and oxygen atoms in total. The van der Waals surface area contributed by atoms with Gasteiger partial charge < -0.3 is 24.5 Å². The lowest BCUT2D eigenvalue weighted by atomic mass is 10.0. The van der Waals surface area contributed by atoms with E-state index in [0.717, 1.165) is 16.5 Å². The van der Waals surface area contributed by atoms with Gasteiger partial charge in [-0.25, -0.2) is 4.79 Å². The first-order valence-corrected chi connectivity index (χ1v) is 10.8. The van der Waals surface area contributed by atoms with Crippen LogP contribution in [0, 0.1) is 0 Å². The molecular formula is C23H24N2O5S. The minimum absolute atomic E-state index is 0.0668. The van der Waals surface area contributed by atoms with E-state index in [1.807, 2.05) is 36.5 Å². The number of hydrogen-bond donors (Lipinski definition) is 3. The summed E-state index contributed by atoms with van der Waals surface area (Å²) in [5.74, 6) is 0.786. The first kappa shape index (κ1) is 21.1. The van der Waals surface area contributed by atoms with Gasteiger partial charge in [0.05, 0.1) is 6.61 Å². The van der Waals surface area contributed by atoms with E-state index in [1.54, 1.807) is 18.2 Å². The number of para-hydroxylation sites is 3. The standard InChI is InChI=1S/C23H24N2O5S/c26-22(21-14-29-19-8-3-4-9-20(19)30-21)25-18(23(27)28-10-5-11-31)12-15-13-24-17-7-2-1-6-16(15)17/h1-4,6-9,13,18,21,24,31H,5,10-12,14H2,(H,25,26).